The van der Waals surface area contributed by atoms with E-state index >= 15 is 0 Å². The fraction of sp³-hybridized carbons (Fsp3) is 0.438. The Kier molecular flexibility index (Phi) is 4.60. The maximum Gasteiger partial charge on any atom is 0.264 e. The van der Waals surface area contributed by atoms with Crippen molar-refractivity contribution in [2.75, 3.05) is 11.9 Å². The number of thiophene rings is 1. The van der Waals surface area contributed by atoms with Crippen molar-refractivity contribution in [2.45, 2.75) is 31.7 Å². The van der Waals surface area contributed by atoms with Crippen molar-refractivity contribution in [2.24, 2.45) is 0 Å². The molecule has 1 amide bonds. The molecule has 1 aromatic carbocycles. The summed E-state index contributed by atoms with van der Waals surface area (Å²) < 4.78 is 14.1. The summed E-state index contributed by atoms with van der Waals surface area (Å²) in [5.41, 5.74) is 0. The molecule has 0 spiro atoms. The van der Waals surface area contributed by atoms with Crippen molar-refractivity contribution in [3.63, 3.8) is 0 Å². The molecule has 1 atom stereocenters. The average molecular weight is 370 g/mol. The van der Waals surface area contributed by atoms with Crippen molar-refractivity contribution in [3.8, 4) is 0 Å². The van der Waals surface area contributed by atoms with Gasteiger partial charge in [-0.3, -0.25) is 4.79 Å². The van der Waals surface area contributed by atoms with E-state index in [1.807, 2.05) is 11.0 Å². The van der Waals surface area contributed by atoms with Crippen LogP contribution in [0.2, 0.25) is 0 Å². The second-order valence-corrected chi connectivity index (χ2v) is 7.18. The van der Waals surface area contributed by atoms with Gasteiger partial charge >= 0.3 is 0 Å². The number of carbonyl (C=O) groups excluding carboxylic acids is 1. The van der Waals surface area contributed by atoms with E-state index < -0.39 is 0 Å². The molecule has 1 unspecified atom stereocenters. The molecule has 2 aromatic rings. The van der Waals surface area contributed by atoms with Crippen molar-refractivity contribution in [3.05, 3.63) is 35.0 Å². The lowest BCUT2D eigenvalue weighted by Crippen LogP contribution is -2.40. The van der Waals surface area contributed by atoms with Crippen LogP contribution in [-0.2, 0) is 0 Å². The Balaban J connectivity index is 1.90. The van der Waals surface area contributed by atoms with Crippen LogP contribution in [0.15, 0.2) is 24.3 Å². The number of hydrogen-bond acceptors (Lipinski definition) is 2. The first kappa shape index (κ1) is 15.0. The van der Waals surface area contributed by atoms with E-state index in [4.69, 9.17) is 0 Å². The molecule has 1 saturated heterocycles. The van der Waals surface area contributed by atoms with E-state index in [2.05, 4.69) is 15.9 Å². The topological polar surface area (TPSA) is 20.3 Å². The molecule has 0 saturated carbocycles. The molecule has 2 heterocycles. The number of fused-ring (bicyclic) bond motifs is 1. The molecule has 5 heteroatoms. The van der Waals surface area contributed by atoms with Gasteiger partial charge in [0, 0.05) is 22.6 Å². The maximum atomic E-state index is 13.3. The number of carbonyl (C=O) groups is 1. The summed E-state index contributed by atoms with van der Waals surface area (Å²) in [4.78, 5) is 15.5. The van der Waals surface area contributed by atoms with E-state index in [1.54, 1.807) is 6.07 Å². The largest absolute Gasteiger partial charge is 0.334 e. The lowest BCUT2D eigenvalue weighted by molar-refractivity contribution is 0.0707. The lowest BCUT2D eigenvalue weighted by Gasteiger charge is -2.28. The van der Waals surface area contributed by atoms with Gasteiger partial charge in [0.2, 0.25) is 0 Å². The number of halogens is 2. The predicted molar refractivity (Wildman–Crippen MR) is 88.9 cm³/mol. The molecule has 2 nitrogen and oxygen atoms in total. The first-order valence-corrected chi connectivity index (χ1v) is 9.19. The van der Waals surface area contributed by atoms with Crippen LogP contribution in [0.1, 0.15) is 35.4 Å². The molecular weight excluding hydrogens is 353 g/mol. The zero-order valence-corrected chi connectivity index (χ0v) is 14.1. The molecule has 1 aliphatic rings. The molecule has 0 N–H and O–H groups in total. The van der Waals surface area contributed by atoms with E-state index in [-0.39, 0.29) is 17.8 Å². The summed E-state index contributed by atoms with van der Waals surface area (Å²) in [6, 6.07) is 6.83. The standard InChI is InChI=1S/C16H17BrFNOS/c17-10-13-4-2-1-3-7-19(13)16(20)15-8-11-5-6-12(18)9-14(11)21-15/h5-6,8-9,13H,1-4,7,10H2. The zero-order chi connectivity index (χ0) is 14.8. The zero-order valence-electron chi connectivity index (χ0n) is 11.6. The molecule has 3 rings (SSSR count). The van der Waals surface area contributed by atoms with Gasteiger partial charge in [-0.15, -0.1) is 11.3 Å². The fourth-order valence-corrected chi connectivity index (χ4v) is 4.57. The summed E-state index contributed by atoms with van der Waals surface area (Å²) in [5.74, 6) is -0.167. The van der Waals surface area contributed by atoms with Gasteiger partial charge in [0.15, 0.2) is 0 Å². The number of rotatable bonds is 2. The highest BCUT2D eigenvalue weighted by molar-refractivity contribution is 9.09. The molecule has 1 aromatic heterocycles. The number of alkyl halides is 1. The van der Waals surface area contributed by atoms with Crippen LogP contribution in [0.5, 0.6) is 0 Å². The highest BCUT2D eigenvalue weighted by atomic mass is 79.9. The number of benzene rings is 1. The van der Waals surface area contributed by atoms with Gasteiger partial charge in [-0.25, -0.2) is 4.39 Å². The number of nitrogens with zero attached hydrogens (tertiary/aromatic N) is 1. The third-order valence-corrected chi connectivity index (χ3v) is 5.84. The summed E-state index contributed by atoms with van der Waals surface area (Å²) in [7, 11) is 0. The SMILES string of the molecule is O=C(c1cc2ccc(F)cc2s1)N1CCCCCC1CBr. The van der Waals surface area contributed by atoms with E-state index in [0.717, 1.165) is 34.8 Å². The quantitative estimate of drug-likeness (QED) is 0.694. The molecule has 0 bridgehead atoms. The Morgan fingerprint density at radius 3 is 3.00 bits per heavy atom. The van der Waals surface area contributed by atoms with Gasteiger partial charge < -0.3 is 4.90 Å². The number of hydrogen-bond donors (Lipinski definition) is 0. The summed E-state index contributed by atoms with van der Waals surface area (Å²) in [6.07, 6.45) is 4.48. The van der Waals surface area contributed by atoms with Crippen LogP contribution in [0.4, 0.5) is 4.39 Å². The summed E-state index contributed by atoms with van der Waals surface area (Å²) in [5, 5.41) is 1.76. The average Bonchev–Trinajstić information content (AvgIpc) is 2.75. The molecule has 21 heavy (non-hydrogen) atoms. The number of amides is 1. The highest BCUT2D eigenvalue weighted by Gasteiger charge is 2.26. The Hall–Kier alpha value is -0.940. The Bertz CT molecular complexity index is 657. The summed E-state index contributed by atoms with van der Waals surface area (Å²) in [6.45, 7) is 0.817. The van der Waals surface area contributed by atoms with Crippen molar-refractivity contribution < 1.29 is 9.18 Å². The number of likely N-dealkylation sites (tertiary alicyclic amines) is 1. The van der Waals surface area contributed by atoms with E-state index in [9.17, 15) is 9.18 Å². The minimum atomic E-state index is -0.253. The first-order valence-electron chi connectivity index (χ1n) is 7.25. The van der Waals surface area contributed by atoms with Crippen LogP contribution in [-0.4, -0.2) is 28.7 Å². The lowest BCUT2D eigenvalue weighted by atomic mass is 10.1. The minimum absolute atomic E-state index is 0.0861. The maximum absolute atomic E-state index is 13.3. The minimum Gasteiger partial charge on any atom is -0.334 e. The first-order chi connectivity index (χ1) is 10.2. The van der Waals surface area contributed by atoms with Gasteiger partial charge in [-0.2, -0.15) is 0 Å². The van der Waals surface area contributed by atoms with Crippen LogP contribution >= 0.6 is 27.3 Å². The molecular formula is C16H17BrFNOS. The normalized spacial score (nSPS) is 19.7. The van der Waals surface area contributed by atoms with Gasteiger partial charge in [-0.05, 0) is 36.4 Å². The Morgan fingerprint density at radius 2 is 2.19 bits per heavy atom. The van der Waals surface area contributed by atoms with Crippen LogP contribution in [0.3, 0.4) is 0 Å². The van der Waals surface area contributed by atoms with Crippen LogP contribution in [0.25, 0.3) is 10.1 Å². The second-order valence-electron chi connectivity index (χ2n) is 5.45. The highest BCUT2D eigenvalue weighted by Crippen LogP contribution is 2.29. The Labute approximate surface area is 136 Å². The molecule has 1 aliphatic heterocycles. The third kappa shape index (κ3) is 3.14. The fourth-order valence-electron chi connectivity index (χ4n) is 2.86. The molecule has 1 fully saturated rings. The van der Waals surface area contributed by atoms with Gasteiger partial charge in [-0.1, -0.05) is 34.8 Å². The van der Waals surface area contributed by atoms with Gasteiger partial charge in [0.05, 0.1) is 4.88 Å². The van der Waals surface area contributed by atoms with Crippen molar-refractivity contribution in [1.29, 1.82) is 0 Å². The van der Waals surface area contributed by atoms with Crippen LogP contribution in [0, 0.1) is 5.82 Å². The van der Waals surface area contributed by atoms with E-state index in [1.165, 1.54) is 36.3 Å². The second kappa shape index (κ2) is 6.44. The van der Waals surface area contributed by atoms with E-state index in [0.29, 0.717) is 4.88 Å². The smallest absolute Gasteiger partial charge is 0.264 e. The predicted octanol–water partition coefficient (Wildman–Crippen LogP) is 4.82. The van der Waals surface area contributed by atoms with Crippen molar-refractivity contribution >= 4 is 43.3 Å². The van der Waals surface area contributed by atoms with Crippen molar-refractivity contribution in [1.82, 2.24) is 4.90 Å². The molecule has 0 aliphatic carbocycles. The van der Waals surface area contributed by atoms with Crippen LogP contribution < -0.4 is 0 Å². The molecule has 112 valence electrons. The monoisotopic (exact) mass is 369 g/mol. The summed E-state index contributed by atoms with van der Waals surface area (Å²) >= 11 is 4.92. The Morgan fingerprint density at radius 1 is 1.33 bits per heavy atom. The molecule has 0 radical (unpaired) electrons. The van der Waals surface area contributed by atoms with Gasteiger partial charge in [0.25, 0.3) is 5.91 Å². The van der Waals surface area contributed by atoms with Gasteiger partial charge in [0.1, 0.15) is 5.82 Å². The third-order valence-electron chi connectivity index (χ3n) is 4.01.